The van der Waals surface area contributed by atoms with Gasteiger partial charge in [0.1, 0.15) is 0 Å². The van der Waals surface area contributed by atoms with Gasteiger partial charge in [0.25, 0.3) is 0 Å². The minimum Gasteiger partial charge on any atom is -0.389 e. The SMILES string of the molecule is Cc1nn(C)c(CC2(O)CCc3ccccc3C2)c1Br. The maximum Gasteiger partial charge on any atom is 0.0746 e. The van der Waals surface area contributed by atoms with E-state index in [0.29, 0.717) is 6.42 Å². The maximum absolute atomic E-state index is 11.0. The largest absolute Gasteiger partial charge is 0.389 e. The molecule has 0 spiro atoms. The van der Waals surface area contributed by atoms with Crippen molar-refractivity contribution in [3.05, 3.63) is 51.3 Å². The van der Waals surface area contributed by atoms with Gasteiger partial charge in [0, 0.05) is 19.9 Å². The molecule has 0 radical (unpaired) electrons. The van der Waals surface area contributed by atoms with E-state index in [-0.39, 0.29) is 0 Å². The molecule has 3 rings (SSSR count). The van der Waals surface area contributed by atoms with Gasteiger partial charge in [-0.2, -0.15) is 5.10 Å². The van der Waals surface area contributed by atoms with E-state index in [1.807, 2.05) is 18.7 Å². The quantitative estimate of drug-likeness (QED) is 0.916. The van der Waals surface area contributed by atoms with Gasteiger partial charge in [-0.3, -0.25) is 4.68 Å². The van der Waals surface area contributed by atoms with E-state index in [1.165, 1.54) is 11.1 Å². The van der Waals surface area contributed by atoms with Crippen molar-refractivity contribution in [2.24, 2.45) is 7.05 Å². The van der Waals surface area contributed by atoms with Crippen molar-refractivity contribution in [2.75, 3.05) is 0 Å². The van der Waals surface area contributed by atoms with Crippen molar-refractivity contribution >= 4 is 15.9 Å². The van der Waals surface area contributed by atoms with E-state index in [0.717, 1.165) is 35.1 Å². The number of benzene rings is 1. The Morgan fingerprint density at radius 2 is 2.05 bits per heavy atom. The van der Waals surface area contributed by atoms with Gasteiger partial charge in [-0.25, -0.2) is 0 Å². The van der Waals surface area contributed by atoms with E-state index in [9.17, 15) is 5.11 Å². The number of nitrogens with zero attached hydrogens (tertiary/aromatic N) is 2. The number of hydrogen-bond acceptors (Lipinski definition) is 2. The molecule has 0 saturated heterocycles. The van der Waals surface area contributed by atoms with Gasteiger partial charge in [0.2, 0.25) is 0 Å². The average molecular weight is 335 g/mol. The minimum absolute atomic E-state index is 0.638. The lowest BCUT2D eigenvalue weighted by atomic mass is 9.78. The Hall–Kier alpha value is -1.13. The summed E-state index contributed by atoms with van der Waals surface area (Å²) in [6.07, 6.45) is 3.11. The topological polar surface area (TPSA) is 38.0 Å². The van der Waals surface area contributed by atoms with Crippen molar-refractivity contribution in [2.45, 2.75) is 38.2 Å². The number of rotatable bonds is 2. The van der Waals surface area contributed by atoms with Gasteiger partial charge >= 0.3 is 0 Å². The van der Waals surface area contributed by atoms with E-state index >= 15 is 0 Å². The zero-order valence-electron chi connectivity index (χ0n) is 11.9. The molecular weight excluding hydrogens is 316 g/mol. The highest BCUT2D eigenvalue weighted by Crippen LogP contribution is 2.33. The highest BCUT2D eigenvalue weighted by Gasteiger charge is 2.34. The van der Waals surface area contributed by atoms with Crippen LogP contribution in [-0.4, -0.2) is 20.5 Å². The number of aromatic nitrogens is 2. The Morgan fingerprint density at radius 1 is 1.35 bits per heavy atom. The lowest BCUT2D eigenvalue weighted by Gasteiger charge is -2.33. The van der Waals surface area contributed by atoms with Crippen molar-refractivity contribution in [3.8, 4) is 0 Å². The summed E-state index contributed by atoms with van der Waals surface area (Å²) in [5, 5.41) is 15.4. The summed E-state index contributed by atoms with van der Waals surface area (Å²) in [5.41, 5.74) is 4.03. The van der Waals surface area contributed by atoms with E-state index in [2.05, 4.69) is 45.3 Å². The zero-order chi connectivity index (χ0) is 14.3. The van der Waals surface area contributed by atoms with Crippen molar-refractivity contribution in [3.63, 3.8) is 0 Å². The number of hydrogen-bond donors (Lipinski definition) is 1. The predicted octanol–water partition coefficient (Wildman–Crippen LogP) is 2.95. The van der Waals surface area contributed by atoms with E-state index in [4.69, 9.17) is 0 Å². The Morgan fingerprint density at radius 3 is 2.70 bits per heavy atom. The summed E-state index contributed by atoms with van der Waals surface area (Å²) < 4.78 is 2.89. The summed E-state index contributed by atoms with van der Waals surface area (Å²) in [6.45, 7) is 1.98. The van der Waals surface area contributed by atoms with Gasteiger partial charge in [-0.1, -0.05) is 24.3 Å². The molecule has 4 heteroatoms. The Labute approximate surface area is 127 Å². The van der Waals surface area contributed by atoms with Crippen LogP contribution in [0.4, 0.5) is 0 Å². The first-order chi connectivity index (χ1) is 9.48. The molecule has 0 bridgehead atoms. The Bertz CT molecular complexity index is 650. The van der Waals surface area contributed by atoms with Crippen LogP contribution in [0.5, 0.6) is 0 Å². The fourth-order valence-electron chi connectivity index (χ4n) is 3.12. The van der Waals surface area contributed by atoms with Crippen molar-refractivity contribution in [1.82, 2.24) is 9.78 Å². The average Bonchev–Trinajstić information content (AvgIpc) is 2.65. The van der Waals surface area contributed by atoms with Crippen molar-refractivity contribution in [1.29, 1.82) is 0 Å². The molecular formula is C16H19BrN2O. The van der Waals surface area contributed by atoms with Crippen LogP contribution in [0.2, 0.25) is 0 Å². The normalized spacial score (nSPS) is 21.8. The smallest absolute Gasteiger partial charge is 0.0746 e. The lowest BCUT2D eigenvalue weighted by Crippen LogP contribution is -2.38. The number of aryl methyl sites for hydroxylation is 3. The molecule has 0 aliphatic heterocycles. The van der Waals surface area contributed by atoms with Crippen LogP contribution in [0.15, 0.2) is 28.7 Å². The second-order valence-electron chi connectivity index (χ2n) is 5.82. The molecule has 2 aromatic rings. The number of halogens is 1. The number of aliphatic hydroxyl groups is 1. The highest BCUT2D eigenvalue weighted by molar-refractivity contribution is 9.10. The highest BCUT2D eigenvalue weighted by atomic mass is 79.9. The third-order valence-corrected chi connectivity index (χ3v) is 5.29. The van der Waals surface area contributed by atoms with Crippen LogP contribution >= 0.6 is 15.9 Å². The molecule has 1 heterocycles. The van der Waals surface area contributed by atoms with Crippen LogP contribution in [0.25, 0.3) is 0 Å². The maximum atomic E-state index is 11.0. The van der Waals surface area contributed by atoms with Gasteiger partial charge in [-0.15, -0.1) is 0 Å². The van der Waals surface area contributed by atoms with Crippen LogP contribution in [0.1, 0.15) is 28.9 Å². The predicted molar refractivity (Wildman–Crippen MR) is 82.8 cm³/mol. The molecule has 1 aliphatic carbocycles. The molecule has 3 nitrogen and oxygen atoms in total. The van der Waals surface area contributed by atoms with Crippen LogP contribution in [0, 0.1) is 6.92 Å². The molecule has 1 atom stereocenters. The molecule has 1 aliphatic rings. The fraction of sp³-hybridized carbons (Fsp3) is 0.438. The summed E-state index contributed by atoms with van der Waals surface area (Å²) >= 11 is 3.59. The second-order valence-corrected chi connectivity index (χ2v) is 6.61. The van der Waals surface area contributed by atoms with Gasteiger partial charge in [0.05, 0.1) is 21.5 Å². The molecule has 1 aromatic heterocycles. The Balaban J connectivity index is 1.88. The number of fused-ring (bicyclic) bond motifs is 1. The van der Waals surface area contributed by atoms with Gasteiger partial charge in [0.15, 0.2) is 0 Å². The van der Waals surface area contributed by atoms with Crippen LogP contribution < -0.4 is 0 Å². The third kappa shape index (κ3) is 2.42. The van der Waals surface area contributed by atoms with Crippen LogP contribution in [0.3, 0.4) is 0 Å². The molecule has 1 aromatic carbocycles. The molecule has 0 saturated carbocycles. The lowest BCUT2D eigenvalue weighted by molar-refractivity contribution is 0.0248. The summed E-state index contributed by atoms with van der Waals surface area (Å²) in [6, 6.07) is 8.42. The Kier molecular flexibility index (Phi) is 3.46. The first-order valence-electron chi connectivity index (χ1n) is 6.96. The van der Waals surface area contributed by atoms with E-state index < -0.39 is 5.60 Å². The van der Waals surface area contributed by atoms with Crippen LogP contribution in [-0.2, 0) is 26.3 Å². The summed E-state index contributed by atoms with van der Waals surface area (Å²) in [4.78, 5) is 0. The molecule has 1 N–H and O–H groups in total. The summed E-state index contributed by atoms with van der Waals surface area (Å²) in [7, 11) is 1.94. The van der Waals surface area contributed by atoms with Gasteiger partial charge < -0.3 is 5.11 Å². The molecule has 106 valence electrons. The third-order valence-electron chi connectivity index (χ3n) is 4.26. The van der Waals surface area contributed by atoms with Gasteiger partial charge in [-0.05, 0) is 46.8 Å². The van der Waals surface area contributed by atoms with Crippen molar-refractivity contribution < 1.29 is 5.11 Å². The first kappa shape index (κ1) is 13.8. The monoisotopic (exact) mass is 334 g/mol. The standard InChI is InChI=1S/C16H19BrN2O/c1-11-15(17)14(19(2)18-11)10-16(20)8-7-12-5-3-4-6-13(12)9-16/h3-6,20H,7-10H2,1-2H3. The second kappa shape index (κ2) is 5.01. The fourth-order valence-corrected chi connectivity index (χ4v) is 3.59. The minimum atomic E-state index is -0.670. The summed E-state index contributed by atoms with van der Waals surface area (Å²) in [5.74, 6) is 0. The zero-order valence-corrected chi connectivity index (χ0v) is 13.4. The molecule has 0 amide bonds. The molecule has 1 unspecified atom stereocenters. The first-order valence-corrected chi connectivity index (χ1v) is 7.75. The van der Waals surface area contributed by atoms with E-state index in [1.54, 1.807) is 0 Å². The molecule has 20 heavy (non-hydrogen) atoms. The molecule has 0 fully saturated rings.